The minimum atomic E-state index is -0.618. The van der Waals surface area contributed by atoms with Crippen LogP contribution in [0.5, 0.6) is 0 Å². The second-order valence-corrected chi connectivity index (χ2v) is 5.14. The third-order valence-electron chi connectivity index (χ3n) is 3.00. The highest BCUT2D eigenvalue weighted by Gasteiger charge is 2.25. The molecule has 0 radical (unpaired) electrons. The molecular formula is C12H12BrF2NO. The van der Waals surface area contributed by atoms with Gasteiger partial charge in [-0.05, 0) is 22.0 Å². The fraction of sp³-hybridized carbons (Fsp3) is 0.417. The van der Waals surface area contributed by atoms with E-state index in [1.807, 2.05) is 6.92 Å². The van der Waals surface area contributed by atoms with E-state index in [0.29, 0.717) is 25.2 Å². The molecule has 1 unspecified atom stereocenters. The Morgan fingerprint density at radius 3 is 2.71 bits per heavy atom. The molecule has 1 saturated heterocycles. The summed E-state index contributed by atoms with van der Waals surface area (Å²) in [6.07, 6.45) is 0.412. The van der Waals surface area contributed by atoms with Crippen LogP contribution in [0.4, 0.5) is 14.5 Å². The van der Waals surface area contributed by atoms with E-state index in [1.54, 1.807) is 4.90 Å². The number of ketones is 1. The summed E-state index contributed by atoms with van der Waals surface area (Å²) in [4.78, 5) is 13.2. The molecule has 0 N–H and O–H groups in total. The lowest BCUT2D eigenvalue weighted by atomic mass is 9.98. The Hall–Kier alpha value is -0.970. The van der Waals surface area contributed by atoms with Crippen LogP contribution in [0, 0.1) is 17.6 Å². The third-order valence-corrected chi connectivity index (χ3v) is 3.61. The topological polar surface area (TPSA) is 20.3 Å². The number of Topliss-reactive ketones (excluding diaryl/α,β-unsaturated/α-hetero) is 1. The molecule has 1 fully saturated rings. The van der Waals surface area contributed by atoms with Gasteiger partial charge < -0.3 is 4.90 Å². The fourth-order valence-electron chi connectivity index (χ4n) is 1.99. The smallest absolute Gasteiger partial charge is 0.149 e. The Bertz CT molecular complexity index is 464. The summed E-state index contributed by atoms with van der Waals surface area (Å²) in [5, 5.41) is 0. The van der Waals surface area contributed by atoms with Crippen LogP contribution in [0.15, 0.2) is 16.6 Å². The van der Waals surface area contributed by atoms with Crippen molar-refractivity contribution in [3.05, 3.63) is 28.2 Å². The van der Waals surface area contributed by atoms with E-state index >= 15 is 0 Å². The lowest BCUT2D eigenvalue weighted by molar-refractivity contribution is -0.122. The number of nitrogens with zero attached hydrogens (tertiary/aromatic N) is 1. The highest BCUT2D eigenvalue weighted by molar-refractivity contribution is 9.10. The number of halogens is 3. The molecule has 1 aliphatic heterocycles. The average Bonchev–Trinajstić information content (AvgIpc) is 2.27. The van der Waals surface area contributed by atoms with Gasteiger partial charge in [0.2, 0.25) is 0 Å². The molecule has 17 heavy (non-hydrogen) atoms. The molecule has 92 valence electrons. The number of carbonyl (C=O) groups is 1. The number of carbonyl (C=O) groups excluding carboxylic acids is 1. The Morgan fingerprint density at radius 2 is 2.06 bits per heavy atom. The zero-order valence-electron chi connectivity index (χ0n) is 9.34. The number of hydrogen-bond acceptors (Lipinski definition) is 2. The maximum absolute atomic E-state index is 13.7. The summed E-state index contributed by atoms with van der Waals surface area (Å²) in [7, 11) is 0. The number of benzene rings is 1. The van der Waals surface area contributed by atoms with Gasteiger partial charge in [-0.3, -0.25) is 4.79 Å². The molecule has 1 aliphatic rings. The molecular weight excluding hydrogens is 292 g/mol. The van der Waals surface area contributed by atoms with Crippen molar-refractivity contribution in [1.82, 2.24) is 0 Å². The van der Waals surface area contributed by atoms with Crippen molar-refractivity contribution in [1.29, 1.82) is 0 Å². The number of piperidine rings is 1. The van der Waals surface area contributed by atoms with Gasteiger partial charge in [-0.1, -0.05) is 6.92 Å². The molecule has 0 saturated carbocycles. The minimum Gasteiger partial charge on any atom is -0.368 e. The molecule has 2 rings (SSSR count). The van der Waals surface area contributed by atoms with Gasteiger partial charge in [0, 0.05) is 31.5 Å². The predicted molar refractivity (Wildman–Crippen MR) is 65.1 cm³/mol. The monoisotopic (exact) mass is 303 g/mol. The summed E-state index contributed by atoms with van der Waals surface area (Å²) in [6.45, 7) is 2.79. The Morgan fingerprint density at radius 1 is 1.35 bits per heavy atom. The molecule has 0 spiro atoms. The van der Waals surface area contributed by atoms with Crippen molar-refractivity contribution in [2.24, 2.45) is 5.92 Å². The van der Waals surface area contributed by atoms with E-state index < -0.39 is 11.6 Å². The Kier molecular flexibility index (Phi) is 3.47. The molecule has 0 bridgehead atoms. The SMILES string of the molecule is CC1CN(c2cc(Br)c(F)cc2F)CCC1=O. The van der Waals surface area contributed by atoms with Crippen LogP contribution in [0.2, 0.25) is 0 Å². The van der Waals surface area contributed by atoms with Crippen LogP contribution in [-0.4, -0.2) is 18.9 Å². The highest BCUT2D eigenvalue weighted by atomic mass is 79.9. The quantitative estimate of drug-likeness (QED) is 0.743. The van der Waals surface area contributed by atoms with E-state index in [2.05, 4.69) is 15.9 Å². The maximum atomic E-state index is 13.7. The summed E-state index contributed by atoms with van der Waals surface area (Å²) in [5.41, 5.74) is 0.345. The molecule has 0 amide bonds. The van der Waals surface area contributed by atoms with Crippen molar-refractivity contribution in [3.8, 4) is 0 Å². The number of rotatable bonds is 1. The fourth-order valence-corrected chi connectivity index (χ4v) is 2.32. The Balaban J connectivity index is 2.29. The Labute approximate surface area is 107 Å². The zero-order chi connectivity index (χ0) is 12.6. The largest absolute Gasteiger partial charge is 0.368 e. The van der Waals surface area contributed by atoms with Crippen LogP contribution in [0.25, 0.3) is 0 Å². The van der Waals surface area contributed by atoms with Crippen LogP contribution >= 0.6 is 15.9 Å². The lowest BCUT2D eigenvalue weighted by Gasteiger charge is -2.32. The molecule has 1 heterocycles. The van der Waals surface area contributed by atoms with Crippen LogP contribution in [0.3, 0.4) is 0 Å². The van der Waals surface area contributed by atoms with Crippen LogP contribution in [0.1, 0.15) is 13.3 Å². The first-order valence-corrected chi connectivity index (χ1v) is 6.20. The molecule has 1 aromatic carbocycles. The predicted octanol–water partition coefficient (Wildman–Crippen LogP) is 3.14. The van der Waals surface area contributed by atoms with Gasteiger partial charge in [-0.2, -0.15) is 0 Å². The van der Waals surface area contributed by atoms with Crippen molar-refractivity contribution in [2.75, 3.05) is 18.0 Å². The normalized spacial score (nSPS) is 20.8. The second kappa shape index (κ2) is 4.72. The standard InChI is InChI=1S/C12H12BrF2NO/c1-7-6-16(3-2-12(7)17)11-4-8(13)9(14)5-10(11)15/h4-5,7H,2-3,6H2,1H3. The zero-order valence-corrected chi connectivity index (χ0v) is 10.9. The molecule has 2 nitrogen and oxygen atoms in total. The van der Waals surface area contributed by atoms with E-state index in [-0.39, 0.29) is 16.2 Å². The maximum Gasteiger partial charge on any atom is 0.149 e. The van der Waals surface area contributed by atoms with Crippen molar-refractivity contribution in [2.45, 2.75) is 13.3 Å². The highest BCUT2D eigenvalue weighted by Crippen LogP contribution is 2.29. The number of hydrogen-bond donors (Lipinski definition) is 0. The summed E-state index contributed by atoms with van der Waals surface area (Å²) >= 11 is 3.04. The summed E-state index contributed by atoms with van der Waals surface area (Å²) < 4.78 is 27.0. The van der Waals surface area contributed by atoms with Gasteiger partial charge >= 0.3 is 0 Å². The third kappa shape index (κ3) is 2.49. The van der Waals surface area contributed by atoms with Crippen LogP contribution < -0.4 is 4.90 Å². The van der Waals surface area contributed by atoms with E-state index in [9.17, 15) is 13.6 Å². The van der Waals surface area contributed by atoms with Crippen LogP contribution in [-0.2, 0) is 4.79 Å². The molecule has 1 atom stereocenters. The van der Waals surface area contributed by atoms with Crippen molar-refractivity contribution in [3.63, 3.8) is 0 Å². The van der Waals surface area contributed by atoms with Crippen molar-refractivity contribution < 1.29 is 13.6 Å². The summed E-state index contributed by atoms with van der Waals surface area (Å²) in [6, 6.07) is 2.29. The van der Waals surface area contributed by atoms with E-state index in [0.717, 1.165) is 6.07 Å². The second-order valence-electron chi connectivity index (χ2n) is 4.28. The minimum absolute atomic E-state index is 0.105. The van der Waals surface area contributed by atoms with Gasteiger partial charge in [0.25, 0.3) is 0 Å². The van der Waals surface area contributed by atoms with Gasteiger partial charge in [0.05, 0.1) is 10.2 Å². The first-order valence-electron chi connectivity index (χ1n) is 5.41. The van der Waals surface area contributed by atoms with E-state index in [1.165, 1.54) is 6.07 Å². The molecule has 5 heteroatoms. The number of anilines is 1. The first kappa shape index (κ1) is 12.5. The molecule has 1 aromatic rings. The summed E-state index contributed by atoms with van der Waals surface area (Å²) in [5.74, 6) is -1.12. The van der Waals surface area contributed by atoms with Gasteiger partial charge in [-0.15, -0.1) is 0 Å². The van der Waals surface area contributed by atoms with Gasteiger partial charge in [-0.25, -0.2) is 8.78 Å². The first-order chi connectivity index (χ1) is 7.99. The van der Waals surface area contributed by atoms with E-state index in [4.69, 9.17) is 0 Å². The average molecular weight is 304 g/mol. The van der Waals surface area contributed by atoms with Crippen molar-refractivity contribution >= 4 is 27.4 Å². The molecule has 0 aliphatic carbocycles. The molecule has 0 aromatic heterocycles. The lowest BCUT2D eigenvalue weighted by Crippen LogP contribution is -2.40. The van der Waals surface area contributed by atoms with Gasteiger partial charge in [0.1, 0.15) is 17.4 Å². The van der Waals surface area contributed by atoms with Gasteiger partial charge in [0.15, 0.2) is 0 Å².